The highest BCUT2D eigenvalue weighted by molar-refractivity contribution is 7.90. The Kier molecular flexibility index (Phi) is 6.17. The van der Waals surface area contributed by atoms with E-state index < -0.39 is 9.84 Å². The van der Waals surface area contributed by atoms with E-state index in [1.807, 2.05) is 32.9 Å². The number of rotatable bonds is 7. The van der Waals surface area contributed by atoms with Gasteiger partial charge in [0.05, 0.1) is 11.0 Å². The van der Waals surface area contributed by atoms with E-state index in [0.29, 0.717) is 11.3 Å². The lowest BCUT2D eigenvalue weighted by Gasteiger charge is -2.18. The smallest absolute Gasteiger partial charge is 0.175 e. The number of sulfone groups is 1. The van der Waals surface area contributed by atoms with Gasteiger partial charge in [-0.05, 0) is 43.5 Å². The van der Waals surface area contributed by atoms with Gasteiger partial charge in [-0.2, -0.15) is 0 Å². The molecular weight excluding hydrogens is 274 g/mol. The zero-order chi connectivity index (χ0) is 15.3. The molecule has 0 aliphatic rings. The maximum absolute atomic E-state index is 11.4. The van der Waals surface area contributed by atoms with Gasteiger partial charge in [-0.15, -0.1) is 0 Å². The van der Waals surface area contributed by atoms with Crippen molar-refractivity contribution in [2.24, 2.45) is 5.92 Å². The Hall–Kier alpha value is -0.910. The van der Waals surface area contributed by atoms with Crippen LogP contribution in [0.5, 0.6) is 0 Å². The second-order valence-electron chi connectivity index (χ2n) is 5.62. The van der Waals surface area contributed by atoms with Gasteiger partial charge in [0.2, 0.25) is 0 Å². The molecule has 0 spiro atoms. The summed E-state index contributed by atoms with van der Waals surface area (Å²) in [6.07, 6.45) is 1.63. The summed E-state index contributed by atoms with van der Waals surface area (Å²) >= 11 is 0. The number of benzene rings is 1. The fourth-order valence-electron chi connectivity index (χ4n) is 1.90. The molecule has 0 radical (unpaired) electrons. The lowest BCUT2D eigenvalue weighted by molar-refractivity contribution is 0.115. The number of aliphatic hydroxyl groups excluding tert-OH is 1. The Morgan fingerprint density at radius 3 is 2.15 bits per heavy atom. The topological polar surface area (TPSA) is 66.4 Å². The first-order valence-electron chi connectivity index (χ1n) is 6.93. The molecule has 1 rings (SSSR count). The molecule has 114 valence electrons. The molecule has 0 amide bonds. The van der Waals surface area contributed by atoms with E-state index in [0.717, 1.165) is 12.1 Å². The van der Waals surface area contributed by atoms with Crippen LogP contribution < -0.4 is 5.32 Å². The van der Waals surface area contributed by atoms with E-state index in [-0.39, 0.29) is 18.1 Å². The molecule has 0 aliphatic carbocycles. The van der Waals surface area contributed by atoms with Crippen molar-refractivity contribution in [2.75, 3.05) is 12.8 Å². The normalized spacial score (nSPS) is 15.3. The summed E-state index contributed by atoms with van der Waals surface area (Å²) in [7, 11) is -3.14. The van der Waals surface area contributed by atoms with Crippen LogP contribution in [0.2, 0.25) is 0 Å². The van der Waals surface area contributed by atoms with Gasteiger partial charge < -0.3 is 10.4 Å². The van der Waals surface area contributed by atoms with Gasteiger partial charge in [0.1, 0.15) is 0 Å². The number of hydrogen-bond donors (Lipinski definition) is 2. The highest BCUT2D eigenvalue weighted by atomic mass is 32.2. The zero-order valence-electron chi connectivity index (χ0n) is 12.6. The lowest BCUT2D eigenvalue weighted by Crippen LogP contribution is -2.25. The summed E-state index contributed by atoms with van der Waals surface area (Å²) in [4.78, 5) is 0.337. The molecule has 5 heteroatoms. The Morgan fingerprint density at radius 2 is 1.70 bits per heavy atom. The van der Waals surface area contributed by atoms with Crippen molar-refractivity contribution < 1.29 is 13.5 Å². The monoisotopic (exact) mass is 299 g/mol. The largest absolute Gasteiger partial charge is 0.393 e. The average molecular weight is 299 g/mol. The van der Waals surface area contributed by atoms with E-state index in [4.69, 9.17) is 0 Å². The molecule has 0 aromatic heterocycles. The van der Waals surface area contributed by atoms with Crippen LogP contribution in [0.3, 0.4) is 0 Å². The number of hydrogen-bond acceptors (Lipinski definition) is 4. The van der Waals surface area contributed by atoms with Crippen molar-refractivity contribution in [2.45, 2.75) is 44.2 Å². The second-order valence-corrected chi connectivity index (χ2v) is 7.63. The Bertz CT molecular complexity index is 508. The molecule has 1 aromatic carbocycles. The maximum atomic E-state index is 11.4. The van der Waals surface area contributed by atoms with Crippen molar-refractivity contribution in [1.82, 2.24) is 5.32 Å². The molecule has 2 atom stereocenters. The molecule has 0 aliphatic heterocycles. The van der Waals surface area contributed by atoms with Gasteiger partial charge >= 0.3 is 0 Å². The van der Waals surface area contributed by atoms with Gasteiger partial charge in [-0.1, -0.05) is 26.0 Å². The Balaban J connectivity index is 2.54. The van der Waals surface area contributed by atoms with Crippen molar-refractivity contribution in [3.8, 4) is 0 Å². The fourth-order valence-corrected chi connectivity index (χ4v) is 2.53. The summed E-state index contributed by atoms with van der Waals surface area (Å²) < 4.78 is 22.8. The van der Waals surface area contributed by atoms with Gasteiger partial charge in [-0.3, -0.25) is 0 Å². The minimum Gasteiger partial charge on any atom is -0.393 e. The molecule has 0 saturated heterocycles. The third kappa shape index (κ3) is 5.23. The van der Waals surface area contributed by atoms with Crippen LogP contribution >= 0.6 is 0 Å². The third-order valence-corrected chi connectivity index (χ3v) is 4.60. The van der Waals surface area contributed by atoms with Crippen LogP contribution in [0.15, 0.2) is 29.2 Å². The molecule has 0 fully saturated rings. The molecule has 0 saturated carbocycles. The van der Waals surface area contributed by atoms with Crippen molar-refractivity contribution >= 4 is 9.84 Å². The van der Waals surface area contributed by atoms with Crippen LogP contribution in [0.25, 0.3) is 0 Å². The molecule has 0 bridgehead atoms. The van der Waals surface area contributed by atoms with Gasteiger partial charge in [0.15, 0.2) is 9.84 Å². The number of aliphatic hydroxyl groups is 1. The molecule has 20 heavy (non-hydrogen) atoms. The first-order valence-corrected chi connectivity index (χ1v) is 8.82. The van der Waals surface area contributed by atoms with E-state index in [9.17, 15) is 13.5 Å². The predicted octanol–water partition coefficient (Wildman–Crippen LogP) is 2.15. The first kappa shape index (κ1) is 17.1. The Labute approximate surface area is 122 Å². The molecule has 1 aromatic rings. The average Bonchev–Trinajstić information content (AvgIpc) is 2.37. The second kappa shape index (κ2) is 7.20. The molecule has 2 unspecified atom stereocenters. The fraction of sp³-hybridized carbons (Fsp3) is 0.600. The van der Waals surface area contributed by atoms with E-state index >= 15 is 0 Å². The summed E-state index contributed by atoms with van der Waals surface area (Å²) in [5, 5.41) is 13.1. The molecular formula is C15H25NO3S. The lowest BCUT2D eigenvalue weighted by atomic mass is 10.0. The minimum absolute atomic E-state index is 0.128. The van der Waals surface area contributed by atoms with E-state index in [1.54, 1.807) is 12.1 Å². The van der Waals surface area contributed by atoms with Crippen LogP contribution in [0.1, 0.15) is 38.8 Å². The molecule has 0 heterocycles. The highest BCUT2D eigenvalue weighted by Gasteiger charge is 2.11. The molecule has 4 nitrogen and oxygen atoms in total. The highest BCUT2D eigenvalue weighted by Crippen LogP contribution is 2.16. The summed E-state index contributed by atoms with van der Waals surface area (Å²) in [5.74, 6) is 0.265. The SMILES string of the molecule is CC(NCCC(O)C(C)C)c1ccc(S(C)(=O)=O)cc1. The Morgan fingerprint density at radius 1 is 1.15 bits per heavy atom. The van der Waals surface area contributed by atoms with E-state index in [2.05, 4.69) is 5.32 Å². The zero-order valence-corrected chi connectivity index (χ0v) is 13.4. The number of nitrogens with one attached hydrogen (secondary N) is 1. The maximum Gasteiger partial charge on any atom is 0.175 e. The first-order chi connectivity index (χ1) is 9.21. The van der Waals surface area contributed by atoms with Crippen LogP contribution in [-0.2, 0) is 9.84 Å². The van der Waals surface area contributed by atoms with Gasteiger partial charge in [0, 0.05) is 12.3 Å². The quantitative estimate of drug-likeness (QED) is 0.809. The van der Waals surface area contributed by atoms with Gasteiger partial charge in [-0.25, -0.2) is 8.42 Å². The van der Waals surface area contributed by atoms with Gasteiger partial charge in [0.25, 0.3) is 0 Å². The summed E-state index contributed by atoms with van der Waals surface area (Å²) in [6.45, 7) is 6.75. The summed E-state index contributed by atoms with van der Waals surface area (Å²) in [5.41, 5.74) is 1.04. The van der Waals surface area contributed by atoms with Crippen molar-refractivity contribution in [3.05, 3.63) is 29.8 Å². The van der Waals surface area contributed by atoms with Crippen LogP contribution in [0.4, 0.5) is 0 Å². The third-order valence-electron chi connectivity index (χ3n) is 3.47. The van der Waals surface area contributed by atoms with Crippen molar-refractivity contribution in [3.63, 3.8) is 0 Å². The van der Waals surface area contributed by atoms with Crippen LogP contribution in [0, 0.1) is 5.92 Å². The van der Waals surface area contributed by atoms with E-state index in [1.165, 1.54) is 6.26 Å². The van der Waals surface area contributed by atoms with Crippen molar-refractivity contribution in [1.29, 1.82) is 0 Å². The predicted molar refractivity (Wildman–Crippen MR) is 81.4 cm³/mol. The standard InChI is InChI=1S/C15H25NO3S/c1-11(2)15(17)9-10-16-12(3)13-5-7-14(8-6-13)20(4,18)19/h5-8,11-12,15-17H,9-10H2,1-4H3. The van der Waals surface area contributed by atoms with Crippen LogP contribution in [-0.4, -0.2) is 32.4 Å². The summed E-state index contributed by atoms with van der Waals surface area (Å²) in [6, 6.07) is 7.04. The molecule has 2 N–H and O–H groups in total. The minimum atomic E-state index is -3.14.